The van der Waals surface area contributed by atoms with Crippen LogP contribution in [-0.2, 0) is 18.7 Å². The molecule has 0 aliphatic heterocycles. The van der Waals surface area contributed by atoms with Crippen LogP contribution < -0.4 is 25.1 Å². The lowest BCUT2D eigenvalue weighted by Crippen LogP contribution is -2.18. The molecule has 0 radical (unpaired) electrons. The Kier molecular flexibility index (Phi) is 9.86. The van der Waals surface area contributed by atoms with Gasteiger partial charge in [0.2, 0.25) is 11.7 Å². The minimum absolute atomic E-state index is 0.179. The fraction of sp³-hybridized carbons (Fsp3) is 0.385. The maximum atomic E-state index is 12.6. The van der Waals surface area contributed by atoms with Crippen molar-refractivity contribution in [3.63, 3.8) is 0 Å². The molecule has 35 heavy (non-hydrogen) atoms. The molecule has 9 heteroatoms. The van der Waals surface area contributed by atoms with Crippen LogP contribution in [0.4, 0.5) is 5.95 Å². The summed E-state index contributed by atoms with van der Waals surface area (Å²) in [5.74, 6) is 3.93. The number of aromatic amines is 1. The summed E-state index contributed by atoms with van der Waals surface area (Å²) in [6, 6.07) is 12.3. The van der Waals surface area contributed by atoms with Crippen LogP contribution in [0.3, 0.4) is 0 Å². The smallest absolute Gasteiger partial charge is 0.255 e. The zero-order valence-corrected chi connectivity index (χ0v) is 21.8. The lowest BCUT2D eigenvalue weighted by atomic mass is 10.1. The van der Waals surface area contributed by atoms with Crippen LogP contribution in [0.1, 0.15) is 22.3 Å². The molecular weight excluding hydrogens is 464 g/mol. The Bertz CT molecular complexity index is 1140. The Morgan fingerprint density at radius 3 is 2.34 bits per heavy atom. The molecule has 0 atom stereocenters. The van der Waals surface area contributed by atoms with Crippen LogP contribution in [0.2, 0.25) is 0 Å². The van der Waals surface area contributed by atoms with Crippen molar-refractivity contribution < 1.29 is 14.2 Å². The number of H-pyrrole nitrogens is 1. The molecule has 0 fully saturated rings. The van der Waals surface area contributed by atoms with Gasteiger partial charge in [0.25, 0.3) is 5.56 Å². The molecule has 2 aromatic carbocycles. The van der Waals surface area contributed by atoms with Gasteiger partial charge < -0.3 is 24.4 Å². The average molecular weight is 499 g/mol. The number of hydrogen-bond acceptors (Lipinski definition) is 8. The van der Waals surface area contributed by atoms with Gasteiger partial charge in [-0.3, -0.25) is 9.78 Å². The molecule has 8 nitrogen and oxygen atoms in total. The summed E-state index contributed by atoms with van der Waals surface area (Å²) >= 11 is 1.84. The summed E-state index contributed by atoms with van der Waals surface area (Å²) in [5.41, 5.74) is 3.87. The maximum absolute atomic E-state index is 12.6. The van der Waals surface area contributed by atoms with Gasteiger partial charge in [-0.2, -0.15) is 11.8 Å². The topological polar surface area (TPSA) is 88.7 Å². The van der Waals surface area contributed by atoms with Crippen LogP contribution in [0, 0.1) is 0 Å². The largest absolute Gasteiger partial charge is 0.493 e. The number of methoxy groups -OCH3 is 3. The van der Waals surface area contributed by atoms with Crippen LogP contribution in [0.5, 0.6) is 17.2 Å². The van der Waals surface area contributed by atoms with Gasteiger partial charge in [0.15, 0.2) is 11.5 Å². The molecule has 0 unspecified atom stereocenters. The summed E-state index contributed by atoms with van der Waals surface area (Å²) in [7, 11) is 8.84. The molecule has 0 aliphatic carbocycles. The van der Waals surface area contributed by atoms with Crippen LogP contribution in [0.25, 0.3) is 0 Å². The maximum Gasteiger partial charge on any atom is 0.255 e. The number of hydrogen-bond donors (Lipinski definition) is 2. The molecular formula is C26H34N4O4S. The van der Waals surface area contributed by atoms with E-state index in [1.54, 1.807) is 27.5 Å². The van der Waals surface area contributed by atoms with E-state index in [9.17, 15) is 4.79 Å². The fourth-order valence-corrected chi connectivity index (χ4v) is 4.51. The number of aromatic nitrogens is 2. The van der Waals surface area contributed by atoms with E-state index in [0.29, 0.717) is 41.7 Å². The standard InChI is InChI=1S/C26H34N4O4S/c1-30(2)16-18-7-6-8-19(11-18)17-35-10-9-27-26-28-15-21(25(31)29-26)12-20-13-22(32-3)24(34-5)23(14-20)33-4/h6-8,11,13-15H,9-10,12,16-17H2,1-5H3,(H2,27,28,29,31). The third-order valence-corrected chi connectivity index (χ3v) is 6.32. The van der Waals surface area contributed by atoms with Gasteiger partial charge >= 0.3 is 0 Å². The van der Waals surface area contributed by atoms with Crippen molar-refractivity contribution in [2.45, 2.75) is 18.7 Å². The molecule has 2 N–H and O–H groups in total. The van der Waals surface area contributed by atoms with E-state index in [4.69, 9.17) is 14.2 Å². The van der Waals surface area contributed by atoms with E-state index >= 15 is 0 Å². The zero-order chi connectivity index (χ0) is 25.2. The first kappa shape index (κ1) is 26.4. The Hall–Kier alpha value is -3.17. The van der Waals surface area contributed by atoms with Gasteiger partial charge in [0, 0.05) is 42.8 Å². The highest BCUT2D eigenvalue weighted by Crippen LogP contribution is 2.38. The number of rotatable bonds is 13. The van der Waals surface area contributed by atoms with Crippen LogP contribution in [0.15, 0.2) is 47.4 Å². The summed E-state index contributed by atoms with van der Waals surface area (Å²) in [6.45, 7) is 1.64. The second-order valence-electron chi connectivity index (χ2n) is 8.33. The number of ether oxygens (including phenoxy) is 3. The van der Waals surface area contributed by atoms with E-state index in [0.717, 1.165) is 23.6 Å². The third-order valence-electron chi connectivity index (χ3n) is 5.29. The van der Waals surface area contributed by atoms with Crippen molar-refractivity contribution in [3.05, 3.63) is 75.2 Å². The average Bonchev–Trinajstić information content (AvgIpc) is 2.84. The molecule has 1 aromatic heterocycles. The Balaban J connectivity index is 1.52. The van der Waals surface area contributed by atoms with Gasteiger partial charge in [-0.25, -0.2) is 4.98 Å². The van der Waals surface area contributed by atoms with Crippen LogP contribution >= 0.6 is 11.8 Å². The van der Waals surface area contributed by atoms with Crippen molar-refractivity contribution >= 4 is 17.7 Å². The highest BCUT2D eigenvalue weighted by molar-refractivity contribution is 7.98. The van der Waals surface area contributed by atoms with E-state index in [2.05, 4.69) is 58.5 Å². The first-order chi connectivity index (χ1) is 16.9. The SMILES string of the molecule is COc1cc(Cc2cnc(NCCSCc3cccc(CN(C)C)c3)[nH]c2=O)cc(OC)c1OC. The van der Waals surface area contributed by atoms with Crippen molar-refractivity contribution in [3.8, 4) is 17.2 Å². The molecule has 0 amide bonds. The lowest BCUT2D eigenvalue weighted by Gasteiger charge is -2.14. The Morgan fingerprint density at radius 1 is 1.00 bits per heavy atom. The van der Waals surface area contributed by atoms with Gasteiger partial charge in [0.1, 0.15) is 0 Å². The summed E-state index contributed by atoms with van der Waals surface area (Å²) in [6.07, 6.45) is 2.00. The van der Waals surface area contributed by atoms with E-state index in [1.165, 1.54) is 11.1 Å². The number of nitrogens with one attached hydrogen (secondary N) is 2. The van der Waals surface area contributed by atoms with Gasteiger partial charge in [-0.15, -0.1) is 0 Å². The highest BCUT2D eigenvalue weighted by Gasteiger charge is 2.14. The van der Waals surface area contributed by atoms with E-state index in [1.807, 2.05) is 23.9 Å². The number of anilines is 1. The molecule has 3 aromatic rings. The third kappa shape index (κ3) is 7.66. The first-order valence-electron chi connectivity index (χ1n) is 11.3. The highest BCUT2D eigenvalue weighted by atomic mass is 32.2. The first-order valence-corrected chi connectivity index (χ1v) is 12.5. The van der Waals surface area contributed by atoms with Gasteiger partial charge in [-0.1, -0.05) is 24.3 Å². The predicted octanol–water partition coefficient (Wildman–Crippen LogP) is 3.79. The quantitative estimate of drug-likeness (QED) is 0.344. The minimum atomic E-state index is -0.179. The molecule has 188 valence electrons. The molecule has 0 saturated heterocycles. The molecule has 0 saturated carbocycles. The van der Waals surface area contributed by atoms with Crippen molar-refractivity contribution in [1.82, 2.24) is 14.9 Å². The zero-order valence-electron chi connectivity index (χ0n) is 21.0. The van der Waals surface area contributed by atoms with Crippen LogP contribution in [-0.4, -0.2) is 62.6 Å². The lowest BCUT2D eigenvalue weighted by molar-refractivity contribution is 0.324. The fourth-order valence-electron chi connectivity index (χ4n) is 3.71. The molecule has 0 spiro atoms. The molecule has 0 aliphatic rings. The molecule has 1 heterocycles. The molecule has 0 bridgehead atoms. The Labute approximate surface area is 211 Å². The Morgan fingerprint density at radius 2 is 1.71 bits per heavy atom. The van der Waals surface area contributed by atoms with Crippen molar-refractivity contribution in [2.24, 2.45) is 0 Å². The number of nitrogens with zero attached hydrogens (tertiary/aromatic N) is 2. The van der Waals surface area contributed by atoms with Crippen molar-refractivity contribution in [2.75, 3.05) is 53.0 Å². The second kappa shape index (κ2) is 13.1. The van der Waals surface area contributed by atoms with Crippen molar-refractivity contribution in [1.29, 1.82) is 0 Å². The monoisotopic (exact) mass is 498 g/mol. The molecule has 3 rings (SSSR count). The van der Waals surface area contributed by atoms with Gasteiger partial charge in [0.05, 0.1) is 21.3 Å². The summed E-state index contributed by atoms with van der Waals surface area (Å²) in [4.78, 5) is 22.0. The predicted molar refractivity (Wildman–Crippen MR) is 142 cm³/mol. The normalized spacial score (nSPS) is 10.9. The minimum Gasteiger partial charge on any atom is -0.493 e. The number of thioether (sulfide) groups is 1. The summed E-state index contributed by atoms with van der Waals surface area (Å²) in [5, 5.41) is 3.20. The van der Waals surface area contributed by atoms with Gasteiger partial charge in [-0.05, 0) is 42.9 Å². The number of benzene rings is 2. The van der Waals surface area contributed by atoms with E-state index in [-0.39, 0.29) is 5.56 Å². The summed E-state index contributed by atoms with van der Waals surface area (Å²) < 4.78 is 16.2. The second-order valence-corrected chi connectivity index (χ2v) is 9.44. The van der Waals surface area contributed by atoms with E-state index < -0.39 is 0 Å².